The zero-order chi connectivity index (χ0) is 15.6. The first-order valence-corrected chi connectivity index (χ1v) is 5.89. The van der Waals surface area contributed by atoms with Crippen LogP contribution in [0.2, 0.25) is 0 Å². The Labute approximate surface area is 118 Å². The van der Waals surface area contributed by atoms with Gasteiger partial charge in [0.15, 0.2) is 5.82 Å². The van der Waals surface area contributed by atoms with E-state index >= 15 is 0 Å². The molecule has 0 bridgehead atoms. The Bertz CT molecular complexity index is 749. The average molecular weight is 292 g/mol. The molecule has 0 saturated carbocycles. The molecule has 2 aromatic heterocycles. The summed E-state index contributed by atoms with van der Waals surface area (Å²) in [4.78, 5) is 41.2. The number of hydrogen-bond acceptors (Lipinski definition) is 6. The summed E-state index contributed by atoms with van der Waals surface area (Å²) < 4.78 is 0. The number of aromatic nitrogens is 4. The summed E-state index contributed by atoms with van der Waals surface area (Å²) in [6.07, 6.45) is 0.942. The molecular weight excluding hydrogens is 280 g/mol. The second kappa shape index (κ2) is 5.53. The van der Waals surface area contributed by atoms with Crippen LogP contribution >= 0.6 is 0 Å². The summed E-state index contributed by atoms with van der Waals surface area (Å²) in [7, 11) is 1.45. The molecule has 1 amide bonds. The molecule has 2 heterocycles. The lowest BCUT2D eigenvalue weighted by Crippen LogP contribution is -2.31. The van der Waals surface area contributed by atoms with Gasteiger partial charge in [-0.3, -0.25) is 24.8 Å². The van der Waals surface area contributed by atoms with E-state index in [4.69, 9.17) is 0 Å². The maximum Gasteiger partial charge on any atom is 0.286 e. The topological polar surface area (TPSA) is 138 Å². The molecule has 0 unspecified atom stereocenters. The number of nitrogens with zero attached hydrogens (tertiary/aromatic N) is 4. The minimum absolute atomic E-state index is 0.0747. The molecular formula is C11H12N6O4. The maximum atomic E-state index is 12.2. The molecule has 2 N–H and O–H groups in total. The van der Waals surface area contributed by atoms with Gasteiger partial charge in [0.1, 0.15) is 11.4 Å². The normalized spacial score (nSPS) is 10.4. The Kier molecular flexibility index (Phi) is 3.78. The van der Waals surface area contributed by atoms with E-state index in [0.717, 1.165) is 12.3 Å². The first-order chi connectivity index (χ1) is 9.88. The standard InChI is InChI=1S/C11H12N6O4/c1-6-13-9(15-14-6)5-16(2)11(19)8-3-7(17(20)21)4-12-10(8)18/h3-4H,5H2,1-2H3,(H,12,18)(H,13,14,15). The van der Waals surface area contributed by atoms with E-state index in [9.17, 15) is 19.7 Å². The quantitative estimate of drug-likeness (QED) is 0.600. The van der Waals surface area contributed by atoms with Crippen molar-refractivity contribution in [2.75, 3.05) is 7.05 Å². The number of pyridine rings is 1. The molecule has 0 aliphatic rings. The van der Waals surface area contributed by atoms with Crippen LogP contribution in [0.15, 0.2) is 17.1 Å². The van der Waals surface area contributed by atoms with E-state index in [-0.39, 0.29) is 17.8 Å². The van der Waals surface area contributed by atoms with E-state index in [1.807, 2.05) is 0 Å². The van der Waals surface area contributed by atoms with Crippen LogP contribution in [0.5, 0.6) is 0 Å². The van der Waals surface area contributed by atoms with E-state index in [2.05, 4.69) is 20.2 Å². The van der Waals surface area contributed by atoms with Gasteiger partial charge in [-0.1, -0.05) is 0 Å². The Hall–Kier alpha value is -3.04. The molecule has 0 spiro atoms. The lowest BCUT2D eigenvalue weighted by atomic mass is 10.2. The van der Waals surface area contributed by atoms with E-state index < -0.39 is 16.4 Å². The molecule has 0 aliphatic carbocycles. The van der Waals surface area contributed by atoms with Crippen molar-refractivity contribution in [2.45, 2.75) is 13.5 Å². The number of nitrogens with one attached hydrogen (secondary N) is 2. The van der Waals surface area contributed by atoms with Gasteiger partial charge in [-0.25, -0.2) is 4.98 Å². The summed E-state index contributed by atoms with van der Waals surface area (Å²) in [6.45, 7) is 1.79. The first kappa shape index (κ1) is 14.4. The third-order valence-electron chi connectivity index (χ3n) is 2.70. The smallest absolute Gasteiger partial charge is 0.286 e. The predicted molar refractivity (Wildman–Crippen MR) is 70.6 cm³/mol. The number of nitro groups is 1. The molecule has 0 aliphatic heterocycles. The highest BCUT2D eigenvalue weighted by Crippen LogP contribution is 2.10. The van der Waals surface area contributed by atoms with Crippen molar-refractivity contribution in [3.05, 3.63) is 49.9 Å². The van der Waals surface area contributed by atoms with Crippen LogP contribution in [0, 0.1) is 17.0 Å². The number of amides is 1. The molecule has 0 fully saturated rings. The van der Waals surface area contributed by atoms with E-state index in [1.54, 1.807) is 6.92 Å². The summed E-state index contributed by atoms with van der Waals surface area (Å²) in [5, 5.41) is 17.2. The van der Waals surface area contributed by atoms with E-state index in [1.165, 1.54) is 11.9 Å². The van der Waals surface area contributed by atoms with Crippen LogP contribution < -0.4 is 5.56 Å². The zero-order valence-corrected chi connectivity index (χ0v) is 11.3. The second-order valence-electron chi connectivity index (χ2n) is 4.36. The average Bonchev–Trinajstić information content (AvgIpc) is 2.83. The highest BCUT2D eigenvalue weighted by Gasteiger charge is 2.20. The number of aryl methyl sites for hydroxylation is 1. The van der Waals surface area contributed by atoms with Crippen molar-refractivity contribution in [3.8, 4) is 0 Å². The molecule has 110 valence electrons. The Morgan fingerprint density at radius 1 is 1.52 bits per heavy atom. The minimum atomic E-state index is -0.691. The number of carbonyl (C=O) groups excluding carboxylic acids is 1. The van der Waals surface area contributed by atoms with Crippen molar-refractivity contribution in [1.82, 2.24) is 25.1 Å². The van der Waals surface area contributed by atoms with Gasteiger partial charge in [-0.05, 0) is 6.92 Å². The molecule has 2 rings (SSSR count). The molecule has 2 aromatic rings. The maximum absolute atomic E-state index is 12.2. The molecule has 0 aromatic carbocycles. The van der Waals surface area contributed by atoms with Crippen molar-refractivity contribution >= 4 is 11.6 Å². The van der Waals surface area contributed by atoms with Gasteiger partial charge >= 0.3 is 0 Å². The monoisotopic (exact) mass is 292 g/mol. The third kappa shape index (κ3) is 3.11. The van der Waals surface area contributed by atoms with Crippen molar-refractivity contribution in [2.24, 2.45) is 0 Å². The second-order valence-corrected chi connectivity index (χ2v) is 4.36. The lowest BCUT2D eigenvalue weighted by Gasteiger charge is -2.14. The van der Waals surface area contributed by atoms with E-state index in [0.29, 0.717) is 11.6 Å². The van der Waals surface area contributed by atoms with Crippen LogP contribution in [-0.2, 0) is 6.54 Å². The molecule has 0 saturated heterocycles. The van der Waals surface area contributed by atoms with Crippen LogP contribution in [0.1, 0.15) is 22.0 Å². The van der Waals surface area contributed by atoms with Gasteiger partial charge in [0.05, 0.1) is 17.7 Å². The fraction of sp³-hybridized carbons (Fsp3) is 0.273. The number of carbonyl (C=O) groups is 1. The zero-order valence-electron chi connectivity index (χ0n) is 11.3. The molecule has 0 atom stereocenters. The van der Waals surface area contributed by atoms with Crippen LogP contribution in [0.25, 0.3) is 0 Å². The van der Waals surface area contributed by atoms with Crippen LogP contribution in [0.4, 0.5) is 5.69 Å². The van der Waals surface area contributed by atoms with Gasteiger partial charge in [0, 0.05) is 13.1 Å². The minimum Gasteiger partial charge on any atom is -0.334 e. The van der Waals surface area contributed by atoms with Gasteiger partial charge < -0.3 is 9.88 Å². The van der Waals surface area contributed by atoms with Gasteiger partial charge in [0.2, 0.25) is 0 Å². The van der Waals surface area contributed by atoms with Crippen molar-refractivity contribution in [3.63, 3.8) is 0 Å². The molecule has 21 heavy (non-hydrogen) atoms. The summed E-state index contributed by atoms with van der Waals surface area (Å²) in [5.74, 6) is 0.326. The largest absolute Gasteiger partial charge is 0.334 e. The van der Waals surface area contributed by atoms with Gasteiger partial charge in [0.25, 0.3) is 17.2 Å². The van der Waals surface area contributed by atoms with Gasteiger partial charge in [-0.15, -0.1) is 0 Å². The third-order valence-corrected chi connectivity index (χ3v) is 2.70. The Morgan fingerprint density at radius 2 is 2.24 bits per heavy atom. The Morgan fingerprint density at radius 3 is 2.81 bits per heavy atom. The molecule has 10 heteroatoms. The number of hydrogen-bond donors (Lipinski definition) is 2. The van der Waals surface area contributed by atoms with Gasteiger partial charge in [-0.2, -0.15) is 5.10 Å². The highest BCUT2D eigenvalue weighted by atomic mass is 16.6. The number of H-pyrrole nitrogens is 2. The number of rotatable bonds is 4. The first-order valence-electron chi connectivity index (χ1n) is 5.89. The lowest BCUT2D eigenvalue weighted by molar-refractivity contribution is -0.385. The predicted octanol–water partition coefficient (Wildman–Crippen LogP) is -0.0182. The van der Waals surface area contributed by atoms with Crippen LogP contribution in [-0.4, -0.2) is 42.9 Å². The molecule has 10 nitrogen and oxygen atoms in total. The highest BCUT2D eigenvalue weighted by molar-refractivity contribution is 5.94. The summed E-state index contributed by atoms with van der Waals surface area (Å²) in [5.41, 5.74) is -1.36. The number of aromatic amines is 2. The SMILES string of the molecule is Cc1nc(CN(C)C(=O)c2cc([N+](=O)[O-])c[nH]c2=O)n[nH]1. The fourth-order valence-electron chi connectivity index (χ4n) is 1.69. The van der Waals surface area contributed by atoms with Crippen molar-refractivity contribution in [1.29, 1.82) is 0 Å². The Balaban J connectivity index is 2.24. The molecule has 0 radical (unpaired) electrons. The van der Waals surface area contributed by atoms with Crippen LogP contribution in [0.3, 0.4) is 0 Å². The summed E-state index contributed by atoms with van der Waals surface area (Å²) >= 11 is 0. The van der Waals surface area contributed by atoms with Crippen molar-refractivity contribution < 1.29 is 9.72 Å². The summed E-state index contributed by atoms with van der Waals surface area (Å²) in [6, 6.07) is 0.945. The fourth-order valence-corrected chi connectivity index (χ4v) is 1.69.